The molecule has 0 heterocycles. The second kappa shape index (κ2) is 7.87. The molecule has 0 aromatic heterocycles. The van der Waals surface area contributed by atoms with Gasteiger partial charge < -0.3 is 15.2 Å². The molecule has 0 radical (unpaired) electrons. The van der Waals surface area contributed by atoms with Crippen LogP contribution in [0.5, 0.6) is 5.75 Å². The predicted octanol–water partition coefficient (Wildman–Crippen LogP) is 3.35. The van der Waals surface area contributed by atoms with E-state index in [2.05, 4.69) is 33.0 Å². The molecule has 1 aromatic rings. The van der Waals surface area contributed by atoms with E-state index in [4.69, 9.17) is 16.3 Å². The largest absolute Gasteiger partial charge is 0.491 e. The molecule has 0 bridgehead atoms. The number of hydrogen-bond donors (Lipinski definition) is 2. The second-order valence-corrected chi connectivity index (χ2v) is 6.63. The summed E-state index contributed by atoms with van der Waals surface area (Å²) in [6.07, 6.45) is -0.531. The van der Waals surface area contributed by atoms with Gasteiger partial charge in [0.25, 0.3) is 0 Å². The maximum Gasteiger partial charge on any atom is 0.120 e. The third kappa shape index (κ3) is 6.12. The van der Waals surface area contributed by atoms with E-state index in [1.54, 1.807) is 12.1 Å². The summed E-state index contributed by atoms with van der Waals surface area (Å²) in [5.74, 6) is 1.27. The lowest BCUT2D eigenvalue weighted by molar-refractivity contribution is 0.101. The molecule has 1 atom stereocenters. The summed E-state index contributed by atoms with van der Waals surface area (Å²) in [6, 6.07) is 7.19. The zero-order valence-corrected chi connectivity index (χ0v) is 13.6. The molecule has 0 amide bonds. The number of rotatable bonds is 8. The minimum absolute atomic E-state index is 0.216. The number of benzene rings is 1. The van der Waals surface area contributed by atoms with Gasteiger partial charge in [-0.3, -0.25) is 0 Å². The van der Waals surface area contributed by atoms with Gasteiger partial charge in [-0.05, 0) is 29.5 Å². The molecule has 2 N–H and O–H groups in total. The highest BCUT2D eigenvalue weighted by atomic mass is 35.5. The topological polar surface area (TPSA) is 41.5 Å². The highest BCUT2D eigenvalue weighted by molar-refractivity contribution is 6.30. The van der Waals surface area contributed by atoms with Gasteiger partial charge in [-0.25, -0.2) is 0 Å². The fraction of sp³-hybridized carbons (Fsp3) is 0.625. The SMILES string of the molecule is CC(C)C(C)(C)CNCC(O)COc1cccc(Cl)c1. The Hall–Kier alpha value is -0.770. The Balaban J connectivity index is 2.26. The fourth-order valence-corrected chi connectivity index (χ4v) is 1.75. The molecule has 114 valence electrons. The third-order valence-electron chi connectivity index (χ3n) is 3.76. The average molecular weight is 300 g/mol. The summed E-state index contributed by atoms with van der Waals surface area (Å²) in [4.78, 5) is 0. The first-order valence-electron chi connectivity index (χ1n) is 7.08. The molecular formula is C16H26ClNO2. The maximum absolute atomic E-state index is 9.89. The first-order valence-corrected chi connectivity index (χ1v) is 7.46. The van der Waals surface area contributed by atoms with Crippen molar-refractivity contribution in [2.45, 2.75) is 33.8 Å². The molecule has 1 unspecified atom stereocenters. The minimum Gasteiger partial charge on any atom is -0.491 e. The van der Waals surface area contributed by atoms with Gasteiger partial charge in [0.05, 0.1) is 0 Å². The Labute approximate surface area is 127 Å². The van der Waals surface area contributed by atoms with Crippen LogP contribution < -0.4 is 10.1 Å². The summed E-state index contributed by atoms with van der Waals surface area (Å²) in [5, 5.41) is 13.8. The molecule has 0 saturated heterocycles. The minimum atomic E-state index is -0.531. The monoisotopic (exact) mass is 299 g/mol. The normalized spacial score (nSPS) is 13.6. The van der Waals surface area contributed by atoms with Crippen molar-refractivity contribution in [1.82, 2.24) is 5.32 Å². The number of aliphatic hydroxyl groups is 1. The lowest BCUT2D eigenvalue weighted by atomic mass is 9.81. The van der Waals surface area contributed by atoms with Crippen LogP contribution >= 0.6 is 11.6 Å². The van der Waals surface area contributed by atoms with Crippen LogP contribution in [0.25, 0.3) is 0 Å². The number of ether oxygens (including phenoxy) is 1. The zero-order valence-electron chi connectivity index (χ0n) is 12.8. The standard InChI is InChI=1S/C16H26ClNO2/c1-12(2)16(3,4)11-18-9-14(19)10-20-15-7-5-6-13(17)8-15/h5-8,12,14,18-19H,9-11H2,1-4H3. The van der Waals surface area contributed by atoms with Crippen molar-refractivity contribution >= 4 is 11.6 Å². The van der Waals surface area contributed by atoms with Crippen LogP contribution in [0.15, 0.2) is 24.3 Å². The molecule has 4 heteroatoms. The zero-order chi connectivity index (χ0) is 15.2. The van der Waals surface area contributed by atoms with Crippen LogP contribution in [-0.4, -0.2) is 30.9 Å². The van der Waals surface area contributed by atoms with Crippen LogP contribution in [0.1, 0.15) is 27.7 Å². The second-order valence-electron chi connectivity index (χ2n) is 6.20. The van der Waals surface area contributed by atoms with Crippen LogP contribution in [0.3, 0.4) is 0 Å². The molecule has 3 nitrogen and oxygen atoms in total. The maximum atomic E-state index is 9.89. The van der Waals surface area contributed by atoms with E-state index >= 15 is 0 Å². The van der Waals surface area contributed by atoms with Crippen LogP contribution in [0.4, 0.5) is 0 Å². The molecule has 20 heavy (non-hydrogen) atoms. The van der Waals surface area contributed by atoms with Gasteiger partial charge in [-0.1, -0.05) is 45.4 Å². The van der Waals surface area contributed by atoms with Crippen LogP contribution in [-0.2, 0) is 0 Å². The first kappa shape index (κ1) is 17.3. The Morgan fingerprint density at radius 2 is 2.05 bits per heavy atom. The lowest BCUT2D eigenvalue weighted by Crippen LogP contribution is -2.39. The third-order valence-corrected chi connectivity index (χ3v) is 4.00. The van der Waals surface area contributed by atoms with E-state index in [-0.39, 0.29) is 12.0 Å². The predicted molar refractivity (Wildman–Crippen MR) is 84.4 cm³/mol. The summed E-state index contributed by atoms with van der Waals surface area (Å²) < 4.78 is 5.50. The Morgan fingerprint density at radius 1 is 1.35 bits per heavy atom. The highest BCUT2D eigenvalue weighted by Crippen LogP contribution is 2.24. The quantitative estimate of drug-likeness (QED) is 0.773. The van der Waals surface area contributed by atoms with E-state index in [1.807, 2.05) is 12.1 Å². The first-order chi connectivity index (χ1) is 9.31. The van der Waals surface area contributed by atoms with E-state index in [1.165, 1.54) is 0 Å². The van der Waals surface area contributed by atoms with Crippen molar-refractivity contribution in [3.63, 3.8) is 0 Å². The molecule has 0 saturated carbocycles. The Kier molecular flexibility index (Phi) is 6.80. The number of halogens is 1. The van der Waals surface area contributed by atoms with Crippen molar-refractivity contribution in [2.24, 2.45) is 11.3 Å². The molecule has 0 aliphatic heterocycles. The molecule has 0 spiro atoms. The summed E-state index contributed by atoms with van der Waals surface area (Å²) in [7, 11) is 0. The summed E-state index contributed by atoms with van der Waals surface area (Å²) in [5.41, 5.74) is 0.216. The van der Waals surface area contributed by atoms with Gasteiger partial charge in [0.15, 0.2) is 0 Å². The molecule has 0 aliphatic rings. The van der Waals surface area contributed by atoms with Gasteiger partial charge >= 0.3 is 0 Å². The summed E-state index contributed by atoms with van der Waals surface area (Å²) in [6.45, 7) is 10.5. The van der Waals surface area contributed by atoms with Gasteiger partial charge in [0.1, 0.15) is 18.5 Å². The van der Waals surface area contributed by atoms with Gasteiger partial charge in [0, 0.05) is 18.1 Å². The molecular weight excluding hydrogens is 274 g/mol. The van der Waals surface area contributed by atoms with Crippen molar-refractivity contribution in [1.29, 1.82) is 0 Å². The van der Waals surface area contributed by atoms with E-state index in [9.17, 15) is 5.11 Å². The van der Waals surface area contributed by atoms with Crippen molar-refractivity contribution < 1.29 is 9.84 Å². The Bertz CT molecular complexity index is 407. The van der Waals surface area contributed by atoms with E-state index in [0.717, 1.165) is 6.54 Å². The van der Waals surface area contributed by atoms with Crippen molar-refractivity contribution in [2.75, 3.05) is 19.7 Å². The van der Waals surface area contributed by atoms with Crippen LogP contribution in [0, 0.1) is 11.3 Å². The average Bonchev–Trinajstić information content (AvgIpc) is 2.36. The smallest absolute Gasteiger partial charge is 0.120 e. The fourth-order valence-electron chi connectivity index (χ4n) is 1.57. The highest BCUT2D eigenvalue weighted by Gasteiger charge is 2.21. The van der Waals surface area contributed by atoms with Gasteiger partial charge in [-0.15, -0.1) is 0 Å². The summed E-state index contributed by atoms with van der Waals surface area (Å²) >= 11 is 5.87. The van der Waals surface area contributed by atoms with E-state index < -0.39 is 6.10 Å². The molecule has 1 aromatic carbocycles. The van der Waals surface area contributed by atoms with Crippen molar-refractivity contribution in [3.05, 3.63) is 29.3 Å². The number of hydrogen-bond acceptors (Lipinski definition) is 3. The van der Waals surface area contributed by atoms with Gasteiger partial charge in [0.2, 0.25) is 0 Å². The number of aliphatic hydroxyl groups excluding tert-OH is 1. The number of nitrogens with one attached hydrogen (secondary N) is 1. The van der Waals surface area contributed by atoms with Gasteiger partial charge in [-0.2, -0.15) is 0 Å². The molecule has 1 rings (SSSR count). The van der Waals surface area contributed by atoms with E-state index in [0.29, 0.717) is 23.2 Å². The molecule has 0 fully saturated rings. The Morgan fingerprint density at radius 3 is 2.65 bits per heavy atom. The van der Waals surface area contributed by atoms with Crippen molar-refractivity contribution in [3.8, 4) is 5.75 Å². The van der Waals surface area contributed by atoms with Crippen LogP contribution in [0.2, 0.25) is 5.02 Å². The molecule has 0 aliphatic carbocycles. The lowest BCUT2D eigenvalue weighted by Gasteiger charge is -2.30.